The van der Waals surface area contributed by atoms with Crippen molar-refractivity contribution in [2.45, 2.75) is 11.8 Å². The van der Waals surface area contributed by atoms with Gasteiger partial charge in [0, 0.05) is 16.0 Å². The van der Waals surface area contributed by atoms with Crippen molar-refractivity contribution >= 4 is 46.6 Å². The minimum atomic E-state index is -0.537. The van der Waals surface area contributed by atoms with Gasteiger partial charge in [-0.3, -0.25) is 9.59 Å². The summed E-state index contributed by atoms with van der Waals surface area (Å²) in [6, 6.07) is 28.1. The number of carbonyl (C=O) groups excluding carboxylic acids is 2. The molecule has 0 atom stereocenters. The number of hydrogen-bond acceptors (Lipinski definition) is 4. The normalized spacial score (nSPS) is 10.7. The lowest BCUT2D eigenvalue weighted by Crippen LogP contribution is -2.12. The van der Waals surface area contributed by atoms with E-state index in [1.54, 1.807) is 54.2 Å². The van der Waals surface area contributed by atoms with E-state index in [4.69, 9.17) is 11.5 Å². The van der Waals surface area contributed by atoms with E-state index in [0.717, 1.165) is 16.0 Å². The van der Waals surface area contributed by atoms with E-state index in [0.29, 0.717) is 28.1 Å². The molecule has 0 aliphatic rings. The van der Waals surface area contributed by atoms with Crippen LogP contribution >= 0.6 is 11.8 Å². The van der Waals surface area contributed by atoms with Crippen molar-refractivity contribution in [2.24, 2.45) is 5.73 Å². The molecule has 0 spiro atoms. The highest BCUT2D eigenvalue weighted by molar-refractivity contribution is 7.98. The molecule has 0 fully saturated rings. The fraction of sp³-hybridized carbons (Fsp3) is 0.0667. The molecule has 5 nitrogen and oxygen atoms in total. The predicted octanol–water partition coefficient (Wildman–Crippen LogP) is 6.40. The Morgan fingerprint density at radius 2 is 1.43 bits per heavy atom. The minimum Gasteiger partial charge on any atom is -0.397 e. The number of amides is 2. The van der Waals surface area contributed by atoms with Crippen LogP contribution in [0.25, 0.3) is 11.6 Å². The Labute approximate surface area is 220 Å². The van der Waals surface area contributed by atoms with Crippen molar-refractivity contribution in [3.63, 3.8) is 0 Å². The third-order valence-corrected chi connectivity index (χ3v) is 6.11. The molecule has 0 aliphatic heterocycles. The number of anilines is 2. The van der Waals surface area contributed by atoms with E-state index in [-0.39, 0.29) is 11.7 Å². The molecule has 0 saturated heterocycles. The first-order valence-corrected chi connectivity index (χ1v) is 12.6. The van der Waals surface area contributed by atoms with Crippen LogP contribution < -0.4 is 16.8 Å². The van der Waals surface area contributed by atoms with Gasteiger partial charge in [0.1, 0.15) is 5.82 Å². The van der Waals surface area contributed by atoms with Gasteiger partial charge < -0.3 is 16.8 Å². The zero-order valence-electron chi connectivity index (χ0n) is 20.6. The standard InChI is InChI=1S/C16H14FNOS.C14H14N2O/c1-20-14-8-2-11(3-9-14)10-15(16(18)19)12-4-6-13(17)7-5-12;1-10-6-8-11(9-7-10)14(17)16-13-5-3-2-4-12(13)15/h2-10H,1H3,(H2,18,19);2-9H,15H2,1H3,(H,16,17)/b15-10+;. The Morgan fingerprint density at radius 3 is 2.00 bits per heavy atom. The molecule has 4 aromatic carbocycles. The summed E-state index contributed by atoms with van der Waals surface area (Å²) < 4.78 is 12.9. The molecule has 4 aromatic rings. The number of thioether (sulfide) groups is 1. The van der Waals surface area contributed by atoms with Crippen LogP contribution in [-0.4, -0.2) is 18.1 Å². The quantitative estimate of drug-likeness (QED) is 0.120. The molecule has 2 amide bonds. The second kappa shape index (κ2) is 13.1. The Bertz CT molecular complexity index is 1380. The number of carbonyl (C=O) groups is 2. The molecule has 4 rings (SSSR count). The summed E-state index contributed by atoms with van der Waals surface area (Å²) in [5.74, 6) is -1.03. The molecular weight excluding hydrogens is 485 g/mol. The first kappa shape index (κ1) is 27.2. The van der Waals surface area contributed by atoms with Gasteiger partial charge in [0.25, 0.3) is 5.91 Å². The summed E-state index contributed by atoms with van der Waals surface area (Å²) >= 11 is 1.65. The maximum Gasteiger partial charge on any atom is 0.255 e. The Balaban J connectivity index is 0.000000208. The van der Waals surface area contributed by atoms with E-state index < -0.39 is 5.91 Å². The third-order valence-electron chi connectivity index (χ3n) is 5.37. The lowest BCUT2D eigenvalue weighted by molar-refractivity contribution is -0.112. The van der Waals surface area contributed by atoms with E-state index >= 15 is 0 Å². The molecule has 0 unspecified atom stereocenters. The topological polar surface area (TPSA) is 98.2 Å². The Kier molecular flexibility index (Phi) is 9.63. The Morgan fingerprint density at radius 1 is 0.838 bits per heavy atom. The van der Waals surface area contributed by atoms with Gasteiger partial charge in [0.05, 0.1) is 11.4 Å². The summed E-state index contributed by atoms with van der Waals surface area (Å²) in [5.41, 5.74) is 16.0. The number of rotatable bonds is 6. The highest BCUT2D eigenvalue weighted by Crippen LogP contribution is 2.21. The van der Waals surface area contributed by atoms with Gasteiger partial charge in [0.2, 0.25) is 5.91 Å². The summed E-state index contributed by atoms with van der Waals surface area (Å²) in [7, 11) is 0. The van der Waals surface area contributed by atoms with E-state index in [1.165, 1.54) is 12.1 Å². The molecule has 0 aliphatic carbocycles. The van der Waals surface area contributed by atoms with E-state index in [2.05, 4.69) is 5.32 Å². The molecule has 7 heteroatoms. The van der Waals surface area contributed by atoms with Gasteiger partial charge in [-0.2, -0.15) is 0 Å². The van der Waals surface area contributed by atoms with Gasteiger partial charge in [-0.15, -0.1) is 11.8 Å². The molecule has 37 heavy (non-hydrogen) atoms. The van der Waals surface area contributed by atoms with Crippen molar-refractivity contribution in [3.05, 3.63) is 125 Å². The van der Waals surface area contributed by atoms with Crippen molar-refractivity contribution < 1.29 is 14.0 Å². The SMILES string of the molecule is CSc1ccc(/C=C(/C(N)=O)c2ccc(F)cc2)cc1.Cc1ccc(C(=O)Nc2ccccc2N)cc1. The summed E-state index contributed by atoms with van der Waals surface area (Å²) in [6.45, 7) is 1.98. The second-order valence-corrected chi connectivity index (χ2v) is 8.99. The second-order valence-electron chi connectivity index (χ2n) is 8.11. The zero-order chi connectivity index (χ0) is 26.8. The number of benzene rings is 4. The largest absolute Gasteiger partial charge is 0.397 e. The molecule has 0 aromatic heterocycles. The predicted molar refractivity (Wildman–Crippen MR) is 152 cm³/mol. The lowest BCUT2D eigenvalue weighted by atomic mass is 10.0. The first-order chi connectivity index (χ1) is 17.8. The van der Waals surface area contributed by atoms with Gasteiger partial charge in [0.15, 0.2) is 0 Å². The Hall–Kier alpha value is -4.36. The zero-order valence-corrected chi connectivity index (χ0v) is 21.4. The smallest absolute Gasteiger partial charge is 0.255 e. The van der Waals surface area contributed by atoms with Crippen molar-refractivity contribution in [1.29, 1.82) is 0 Å². The molecule has 5 N–H and O–H groups in total. The number of para-hydroxylation sites is 2. The fourth-order valence-electron chi connectivity index (χ4n) is 3.30. The van der Waals surface area contributed by atoms with Gasteiger partial charge in [-0.05, 0) is 78.9 Å². The number of nitrogen functional groups attached to an aromatic ring is 1. The maximum absolute atomic E-state index is 12.9. The van der Waals surface area contributed by atoms with Crippen LogP contribution in [0.1, 0.15) is 27.0 Å². The maximum atomic E-state index is 12.9. The lowest BCUT2D eigenvalue weighted by Gasteiger charge is -2.07. The van der Waals surface area contributed by atoms with Crippen LogP contribution in [0.15, 0.2) is 102 Å². The number of nitrogens with two attached hydrogens (primary N) is 2. The molecule has 0 saturated carbocycles. The van der Waals surface area contributed by atoms with E-state index in [9.17, 15) is 14.0 Å². The number of halogens is 1. The molecular formula is C30H28FN3O2S. The van der Waals surface area contributed by atoms with Crippen LogP contribution in [0, 0.1) is 12.7 Å². The van der Waals surface area contributed by atoms with Crippen LogP contribution in [-0.2, 0) is 4.79 Å². The number of aryl methyl sites for hydroxylation is 1. The van der Waals surface area contributed by atoms with E-state index in [1.807, 2.05) is 61.7 Å². The number of primary amides is 1. The molecule has 0 bridgehead atoms. The monoisotopic (exact) mass is 513 g/mol. The van der Waals surface area contributed by atoms with Gasteiger partial charge in [-0.25, -0.2) is 4.39 Å². The average molecular weight is 514 g/mol. The van der Waals surface area contributed by atoms with Crippen molar-refractivity contribution in [1.82, 2.24) is 0 Å². The highest BCUT2D eigenvalue weighted by atomic mass is 32.2. The number of hydrogen-bond donors (Lipinski definition) is 3. The van der Waals surface area contributed by atoms with Gasteiger partial charge in [-0.1, -0.05) is 54.1 Å². The summed E-state index contributed by atoms with van der Waals surface area (Å²) in [5, 5.41) is 2.78. The molecule has 0 heterocycles. The summed E-state index contributed by atoms with van der Waals surface area (Å²) in [6.07, 6.45) is 3.71. The first-order valence-electron chi connectivity index (χ1n) is 11.4. The van der Waals surface area contributed by atoms with Gasteiger partial charge >= 0.3 is 0 Å². The van der Waals surface area contributed by atoms with Crippen LogP contribution in [0.4, 0.5) is 15.8 Å². The van der Waals surface area contributed by atoms with Crippen molar-refractivity contribution in [3.8, 4) is 0 Å². The van der Waals surface area contributed by atoms with Crippen molar-refractivity contribution in [2.75, 3.05) is 17.3 Å². The van der Waals surface area contributed by atoms with Crippen LogP contribution in [0.2, 0.25) is 0 Å². The number of nitrogens with one attached hydrogen (secondary N) is 1. The average Bonchev–Trinajstić information content (AvgIpc) is 2.90. The fourth-order valence-corrected chi connectivity index (χ4v) is 3.71. The summed E-state index contributed by atoms with van der Waals surface area (Å²) in [4.78, 5) is 24.6. The molecule has 188 valence electrons. The third kappa shape index (κ3) is 8.08. The van der Waals surface area contributed by atoms with Crippen LogP contribution in [0.3, 0.4) is 0 Å². The molecule has 0 radical (unpaired) electrons. The van der Waals surface area contributed by atoms with Crippen LogP contribution in [0.5, 0.6) is 0 Å². The minimum absolute atomic E-state index is 0.150. The highest BCUT2D eigenvalue weighted by Gasteiger charge is 2.09.